The van der Waals surface area contributed by atoms with E-state index in [4.69, 9.17) is 4.74 Å². The third-order valence-electron chi connectivity index (χ3n) is 2.49. The second kappa shape index (κ2) is 7.09. The van der Waals surface area contributed by atoms with Gasteiger partial charge in [-0.2, -0.15) is 0 Å². The number of nitrogens with one attached hydrogen (secondary N) is 1. The van der Waals surface area contributed by atoms with Crippen LogP contribution in [0.15, 0.2) is 18.2 Å². The second-order valence-electron chi connectivity index (χ2n) is 4.25. The molecule has 0 fully saturated rings. The molecule has 7 nitrogen and oxygen atoms in total. The van der Waals surface area contributed by atoms with Gasteiger partial charge < -0.3 is 10.1 Å². The molecule has 0 spiro atoms. The van der Waals surface area contributed by atoms with E-state index < -0.39 is 14.8 Å². The zero-order chi connectivity index (χ0) is 15.2. The van der Waals surface area contributed by atoms with Gasteiger partial charge in [-0.15, -0.1) is 0 Å². The number of hydrogen-bond donors (Lipinski definition) is 1. The SMILES string of the molecule is CCOc1cccc(NCCCS(C)(=O)=O)c1[N+](=O)[O-]. The molecule has 0 bridgehead atoms. The Balaban J connectivity index is 2.79. The summed E-state index contributed by atoms with van der Waals surface area (Å²) >= 11 is 0. The van der Waals surface area contributed by atoms with Crippen molar-refractivity contribution < 1.29 is 18.1 Å². The molecular weight excluding hydrogens is 284 g/mol. The van der Waals surface area contributed by atoms with Crippen LogP contribution in [-0.4, -0.2) is 38.5 Å². The summed E-state index contributed by atoms with van der Waals surface area (Å²) in [4.78, 5) is 10.6. The van der Waals surface area contributed by atoms with Gasteiger partial charge in [0.05, 0.1) is 17.3 Å². The van der Waals surface area contributed by atoms with Crippen LogP contribution < -0.4 is 10.1 Å². The largest absolute Gasteiger partial charge is 0.487 e. The quantitative estimate of drug-likeness (QED) is 0.447. The topological polar surface area (TPSA) is 98.5 Å². The highest BCUT2D eigenvalue weighted by Crippen LogP contribution is 2.34. The summed E-state index contributed by atoms with van der Waals surface area (Å²) in [7, 11) is -3.02. The summed E-state index contributed by atoms with van der Waals surface area (Å²) in [6.07, 6.45) is 1.54. The third-order valence-corrected chi connectivity index (χ3v) is 3.52. The van der Waals surface area contributed by atoms with Crippen molar-refractivity contribution in [2.45, 2.75) is 13.3 Å². The lowest BCUT2D eigenvalue weighted by molar-refractivity contribution is -0.384. The first-order chi connectivity index (χ1) is 9.35. The second-order valence-corrected chi connectivity index (χ2v) is 6.51. The molecule has 0 saturated carbocycles. The van der Waals surface area contributed by atoms with E-state index >= 15 is 0 Å². The van der Waals surface area contributed by atoms with Crippen LogP contribution >= 0.6 is 0 Å². The average Bonchev–Trinajstić information content (AvgIpc) is 2.33. The van der Waals surface area contributed by atoms with Crippen LogP contribution in [0.5, 0.6) is 5.75 Å². The van der Waals surface area contributed by atoms with E-state index in [0.717, 1.165) is 6.26 Å². The molecule has 1 N–H and O–H groups in total. The Morgan fingerprint density at radius 3 is 2.65 bits per heavy atom. The molecule has 0 heterocycles. The van der Waals surface area contributed by atoms with Crippen molar-refractivity contribution in [1.29, 1.82) is 0 Å². The lowest BCUT2D eigenvalue weighted by Crippen LogP contribution is -2.11. The van der Waals surface area contributed by atoms with Crippen molar-refractivity contribution in [2.75, 3.05) is 30.5 Å². The Kier molecular flexibility index (Phi) is 5.75. The van der Waals surface area contributed by atoms with Gasteiger partial charge in [0, 0.05) is 12.8 Å². The number of para-hydroxylation sites is 1. The fourth-order valence-corrected chi connectivity index (χ4v) is 2.35. The van der Waals surface area contributed by atoms with Crippen molar-refractivity contribution in [3.8, 4) is 5.75 Å². The minimum atomic E-state index is -3.02. The van der Waals surface area contributed by atoms with Crippen LogP contribution in [0.4, 0.5) is 11.4 Å². The number of anilines is 1. The monoisotopic (exact) mass is 302 g/mol. The summed E-state index contributed by atoms with van der Waals surface area (Å²) in [6, 6.07) is 4.75. The van der Waals surface area contributed by atoms with Crippen LogP contribution in [0.2, 0.25) is 0 Å². The Morgan fingerprint density at radius 1 is 1.40 bits per heavy atom. The van der Waals surface area contributed by atoms with E-state index in [1.54, 1.807) is 19.1 Å². The lowest BCUT2D eigenvalue weighted by atomic mass is 10.2. The molecule has 8 heteroatoms. The number of benzene rings is 1. The fraction of sp³-hybridized carbons (Fsp3) is 0.500. The molecule has 20 heavy (non-hydrogen) atoms. The van der Waals surface area contributed by atoms with Crippen LogP contribution in [0.25, 0.3) is 0 Å². The molecule has 0 amide bonds. The normalized spacial score (nSPS) is 11.1. The molecule has 0 saturated heterocycles. The Labute approximate surface area is 118 Å². The van der Waals surface area contributed by atoms with Crippen molar-refractivity contribution in [3.05, 3.63) is 28.3 Å². The van der Waals surface area contributed by atoms with E-state index in [1.807, 2.05) is 0 Å². The molecule has 112 valence electrons. The van der Waals surface area contributed by atoms with Gasteiger partial charge in [-0.3, -0.25) is 10.1 Å². The number of hydrogen-bond acceptors (Lipinski definition) is 6. The third kappa shape index (κ3) is 5.04. The molecule has 0 unspecified atom stereocenters. The summed E-state index contributed by atoms with van der Waals surface area (Å²) in [5, 5.41) is 14.0. The molecule has 0 radical (unpaired) electrons. The highest BCUT2D eigenvalue weighted by molar-refractivity contribution is 7.90. The molecule has 1 aromatic rings. The fourth-order valence-electron chi connectivity index (χ4n) is 1.68. The van der Waals surface area contributed by atoms with E-state index in [9.17, 15) is 18.5 Å². The Hall–Kier alpha value is -1.83. The maximum absolute atomic E-state index is 11.1. The van der Waals surface area contributed by atoms with Gasteiger partial charge in [0.15, 0.2) is 5.75 Å². The zero-order valence-corrected chi connectivity index (χ0v) is 12.3. The Morgan fingerprint density at radius 2 is 2.10 bits per heavy atom. The smallest absolute Gasteiger partial charge is 0.333 e. The predicted molar refractivity (Wildman–Crippen MR) is 77.1 cm³/mol. The van der Waals surface area contributed by atoms with Gasteiger partial charge in [-0.05, 0) is 25.5 Å². The molecule has 1 rings (SSSR count). The summed E-state index contributed by atoms with van der Waals surface area (Å²) in [6.45, 7) is 2.41. The van der Waals surface area contributed by atoms with Gasteiger partial charge in [-0.1, -0.05) is 6.07 Å². The highest BCUT2D eigenvalue weighted by Gasteiger charge is 2.20. The van der Waals surface area contributed by atoms with Crippen LogP contribution in [0.3, 0.4) is 0 Å². The molecule has 0 aliphatic heterocycles. The zero-order valence-electron chi connectivity index (χ0n) is 11.5. The lowest BCUT2D eigenvalue weighted by Gasteiger charge is -2.10. The van der Waals surface area contributed by atoms with Gasteiger partial charge in [0.2, 0.25) is 0 Å². The minimum absolute atomic E-state index is 0.0406. The van der Waals surface area contributed by atoms with Crippen LogP contribution in [0.1, 0.15) is 13.3 Å². The van der Waals surface area contributed by atoms with Gasteiger partial charge in [0.25, 0.3) is 0 Å². The number of rotatable bonds is 8. The summed E-state index contributed by atoms with van der Waals surface area (Å²) < 4.78 is 27.2. The molecule has 0 aliphatic rings. The number of sulfone groups is 1. The first-order valence-corrected chi connectivity index (χ1v) is 8.23. The van der Waals surface area contributed by atoms with Crippen molar-refractivity contribution in [1.82, 2.24) is 0 Å². The standard InChI is InChI=1S/C12H18N2O5S/c1-3-19-11-7-4-6-10(12(11)14(15)16)13-8-5-9-20(2,17)18/h4,6-7,13H,3,5,8-9H2,1-2H3. The van der Waals surface area contributed by atoms with Gasteiger partial charge in [-0.25, -0.2) is 8.42 Å². The summed E-state index contributed by atoms with van der Waals surface area (Å²) in [5.74, 6) is 0.240. The molecule has 1 aromatic carbocycles. The van der Waals surface area contributed by atoms with E-state index in [1.165, 1.54) is 6.07 Å². The highest BCUT2D eigenvalue weighted by atomic mass is 32.2. The first-order valence-electron chi connectivity index (χ1n) is 6.17. The van der Waals surface area contributed by atoms with E-state index in [-0.39, 0.29) is 17.2 Å². The number of nitrogens with zero attached hydrogens (tertiary/aromatic N) is 1. The first kappa shape index (κ1) is 16.2. The molecule has 0 aliphatic carbocycles. The summed E-state index contributed by atoms with van der Waals surface area (Å²) in [5.41, 5.74) is 0.197. The van der Waals surface area contributed by atoms with Crippen molar-refractivity contribution in [2.24, 2.45) is 0 Å². The molecule has 0 aromatic heterocycles. The number of nitro groups is 1. The van der Waals surface area contributed by atoms with Crippen molar-refractivity contribution in [3.63, 3.8) is 0 Å². The maximum Gasteiger partial charge on any atom is 0.333 e. The van der Waals surface area contributed by atoms with E-state index in [0.29, 0.717) is 25.3 Å². The Bertz CT molecular complexity index is 571. The molecular formula is C12H18N2O5S. The van der Waals surface area contributed by atoms with Crippen LogP contribution in [0, 0.1) is 10.1 Å². The van der Waals surface area contributed by atoms with Gasteiger partial charge >= 0.3 is 5.69 Å². The molecule has 0 atom stereocenters. The van der Waals surface area contributed by atoms with Crippen LogP contribution in [-0.2, 0) is 9.84 Å². The predicted octanol–water partition coefficient (Wildman–Crippen LogP) is 1.84. The van der Waals surface area contributed by atoms with Crippen molar-refractivity contribution >= 4 is 21.2 Å². The van der Waals surface area contributed by atoms with E-state index in [2.05, 4.69) is 5.32 Å². The van der Waals surface area contributed by atoms with Gasteiger partial charge in [0.1, 0.15) is 15.5 Å². The number of nitro benzene ring substituents is 1. The average molecular weight is 302 g/mol. The number of ether oxygens (including phenoxy) is 1. The minimum Gasteiger partial charge on any atom is -0.487 e. The maximum atomic E-state index is 11.1.